The van der Waals surface area contributed by atoms with E-state index in [1.54, 1.807) is 0 Å². The Balaban J connectivity index is 1.90. The number of hydrogen-bond donors (Lipinski definition) is 1. The number of aromatic nitrogens is 1. The highest BCUT2D eigenvalue weighted by molar-refractivity contribution is 9.10. The lowest BCUT2D eigenvalue weighted by atomic mass is 10.1. The molecule has 0 amide bonds. The lowest BCUT2D eigenvalue weighted by Gasteiger charge is -2.21. The Morgan fingerprint density at radius 3 is 2.74 bits per heavy atom. The molecule has 0 bridgehead atoms. The van der Waals surface area contributed by atoms with Gasteiger partial charge in [-0.2, -0.15) is 0 Å². The molecule has 100 valence electrons. The van der Waals surface area contributed by atoms with Gasteiger partial charge in [-0.1, -0.05) is 34.5 Å². The van der Waals surface area contributed by atoms with Crippen LogP contribution in [0.4, 0.5) is 0 Å². The molecule has 0 radical (unpaired) electrons. The van der Waals surface area contributed by atoms with Gasteiger partial charge in [0.15, 0.2) is 0 Å². The van der Waals surface area contributed by atoms with E-state index in [0.717, 1.165) is 16.7 Å². The van der Waals surface area contributed by atoms with Crippen LogP contribution in [0, 0.1) is 6.92 Å². The van der Waals surface area contributed by atoms with Gasteiger partial charge in [-0.15, -0.1) is 11.3 Å². The fraction of sp³-hybridized carbons (Fsp3) is 0.400. The van der Waals surface area contributed by atoms with Crippen molar-refractivity contribution in [2.75, 3.05) is 6.54 Å². The summed E-state index contributed by atoms with van der Waals surface area (Å²) in [6, 6.07) is 8.87. The minimum Gasteiger partial charge on any atom is -0.308 e. The van der Waals surface area contributed by atoms with Crippen LogP contribution in [0.1, 0.15) is 35.2 Å². The van der Waals surface area contributed by atoms with Gasteiger partial charge < -0.3 is 5.32 Å². The Bertz CT molecular complexity index is 556. The van der Waals surface area contributed by atoms with E-state index in [-0.39, 0.29) is 0 Å². The van der Waals surface area contributed by atoms with Crippen molar-refractivity contribution in [2.45, 2.75) is 32.2 Å². The Kier molecular flexibility index (Phi) is 4.01. The Hall–Kier alpha value is -0.710. The average Bonchev–Trinajstić information content (AvgIpc) is 2.83. The van der Waals surface area contributed by atoms with Crippen LogP contribution in [0.15, 0.2) is 28.7 Å². The average molecular weight is 337 g/mol. The van der Waals surface area contributed by atoms with Crippen LogP contribution in [0.5, 0.6) is 0 Å². The van der Waals surface area contributed by atoms with Crippen LogP contribution in [0.3, 0.4) is 0 Å². The molecule has 1 atom stereocenters. The summed E-state index contributed by atoms with van der Waals surface area (Å²) in [6.45, 7) is 3.29. The van der Waals surface area contributed by atoms with E-state index in [1.807, 2.05) is 11.3 Å². The second-order valence-electron chi connectivity index (χ2n) is 4.97. The third-order valence-electron chi connectivity index (χ3n) is 3.54. The van der Waals surface area contributed by atoms with Gasteiger partial charge >= 0.3 is 0 Å². The number of halogens is 1. The summed E-state index contributed by atoms with van der Waals surface area (Å²) in [7, 11) is 0. The molecule has 3 rings (SSSR count). The van der Waals surface area contributed by atoms with Crippen LogP contribution < -0.4 is 5.32 Å². The number of hydrogen-bond acceptors (Lipinski definition) is 3. The van der Waals surface area contributed by atoms with Gasteiger partial charge in [-0.3, -0.25) is 0 Å². The van der Waals surface area contributed by atoms with E-state index >= 15 is 0 Å². The number of aryl methyl sites for hydroxylation is 1. The van der Waals surface area contributed by atoms with Crippen molar-refractivity contribution in [3.63, 3.8) is 0 Å². The molecule has 4 heteroatoms. The molecule has 0 saturated carbocycles. The van der Waals surface area contributed by atoms with E-state index < -0.39 is 0 Å². The predicted molar refractivity (Wildman–Crippen MR) is 84.6 cm³/mol. The van der Waals surface area contributed by atoms with Crippen molar-refractivity contribution >= 4 is 27.3 Å². The lowest BCUT2D eigenvalue weighted by molar-refractivity contribution is 0.411. The highest BCUT2D eigenvalue weighted by Crippen LogP contribution is 2.33. The molecule has 2 nitrogen and oxygen atoms in total. The van der Waals surface area contributed by atoms with E-state index in [2.05, 4.69) is 52.4 Å². The molecule has 1 aromatic carbocycles. The van der Waals surface area contributed by atoms with Crippen molar-refractivity contribution in [1.82, 2.24) is 10.3 Å². The molecule has 0 aliphatic carbocycles. The Labute approximate surface area is 126 Å². The molecule has 1 unspecified atom stereocenters. The maximum absolute atomic E-state index is 4.87. The largest absolute Gasteiger partial charge is 0.308 e. The summed E-state index contributed by atoms with van der Waals surface area (Å²) in [5, 5.41) is 4.82. The predicted octanol–water partition coefficient (Wildman–Crippen LogP) is 4.70. The summed E-state index contributed by atoms with van der Waals surface area (Å²) in [6.07, 6.45) is 3.82. The second kappa shape index (κ2) is 5.73. The zero-order chi connectivity index (χ0) is 13.2. The van der Waals surface area contributed by atoms with Gasteiger partial charge in [0.1, 0.15) is 5.01 Å². The fourth-order valence-corrected chi connectivity index (χ4v) is 3.82. The minimum atomic E-state index is 0.460. The van der Waals surface area contributed by atoms with Gasteiger partial charge in [0, 0.05) is 14.9 Å². The Morgan fingerprint density at radius 1 is 1.26 bits per heavy atom. The molecule has 0 spiro atoms. The van der Waals surface area contributed by atoms with Gasteiger partial charge in [0.25, 0.3) is 0 Å². The van der Waals surface area contributed by atoms with E-state index in [0.29, 0.717) is 6.04 Å². The van der Waals surface area contributed by atoms with Crippen LogP contribution in [-0.2, 0) is 0 Å². The molecular weight excluding hydrogens is 320 g/mol. The van der Waals surface area contributed by atoms with Crippen molar-refractivity contribution in [1.29, 1.82) is 0 Å². The van der Waals surface area contributed by atoms with Crippen LogP contribution in [0.2, 0.25) is 0 Å². The summed E-state index contributed by atoms with van der Waals surface area (Å²) >= 11 is 5.31. The number of nitrogens with zero attached hydrogens (tertiary/aromatic N) is 1. The van der Waals surface area contributed by atoms with Crippen LogP contribution >= 0.6 is 27.3 Å². The maximum atomic E-state index is 4.87. The molecular formula is C15H17BrN2S. The molecule has 1 N–H and O–H groups in total. The molecule has 1 aliphatic heterocycles. The smallest absolute Gasteiger partial charge is 0.111 e. The molecule has 1 saturated heterocycles. The van der Waals surface area contributed by atoms with Crippen molar-refractivity contribution in [3.05, 3.63) is 38.6 Å². The third kappa shape index (κ3) is 2.91. The Morgan fingerprint density at radius 2 is 2.05 bits per heavy atom. The first-order valence-corrected chi connectivity index (χ1v) is 8.31. The third-order valence-corrected chi connectivity index (χ3v) is 5.15. The normalized spacial score (nSPS) is 19.6. The van der Waals surface area contributed by atoms with Crippen molar-refractivity contribution in [3.8, 4) is 11.3 Å². The SMILES string of the molecule is Cc1sc(C2CCCCN2)nc1-c1ccc(Br)cc1. The summed E-state index contributed by atoms with van der Waals surface area (Å²) in [5.74, 6) is 0. The highest BCUT2D eigenvalue weighted by atomic mass is 79.9. The first kappa shape index (κ1) is 13.3. The number of nitrogens with one attached hydrogen (secondary N) is 1. The van der Waals surface area contributed by atoms with Gasteiger partial charge in [0.2, 0.25) is 0 Å². The zero-order valence-corrected chi connectivity index (χ0v) is 13.4. The second-order valence-corrected chi connectivity index (χ2v) is 7.12. The zero-order valence-electron chi connectivity index (χ0n) is 10.9. The van der Waals surface area contributed by atoms with Crippen LogP contribution in [0.25, 0.3) is 11.3 Å². The number of benzene rings is 1. The quantitative estimate of drug-likeness (QED) is 0.859. The van der Waals surface area contributed by atoms with Gasteiger partial charge in [-0.05, 0) is 38.4 Å². The monoisotopic (exact) mass is 336 g/mol. The molecule has 1 aliphatic rings. The lowest BCUT2D eigenvalue weighted by Crippen LogP contribution is -2.26. The highest BCUT2D eigenvalue weighted by Gasteiger charge is 2.20. The maximum Gasteiger partial charge on any atom is 0.111 e. The van der Waals surface area contributed by atoms with Crippen molar-refractivity contribution < 1.29 is 0 Å². The van der Waals surface area contributed by atoms with Crippen LogP contribution in [-0.4, -0.2) is 11.5 Å². The van der Waals surface area contributed by atoms with E-state index in [4.69, 9.17) is 4.98 Å². The van der Waals surface area contributed by atoms with E-state index in [9.17, 15) is 0 Å². The summed E-state index contributed by atoms with van der Waals surface area (Å²) < 4.78 is 1.11. The molecule has 1 fully saturated rings. The topological polar surface area (TPSA) is 24.9 Å². The molecule has 1 aromatic heterocycles. The summed E-state index contributed by atoms with van der Waals surface area (Å²) in [5.41, 5.74) is 2.35. The van der Waals surface area contributed by atoms with Gasteiger partial charge in [0.05, 0.1) is 11.7 Å². The fourth-order valence-electron chi connectivity index (χ4n) is 2.50. The molecule has 19 heavy (non-hydrogen) atoms. The number of thiazole rings is 1. The van der Waals surface area contributed by atoms with Crippen molar-refractivity contribution in [2.24, 2.45) is 0 Å². The number of rotatable bonds is 2. The van der Waals surface area contributed by atoms with Gasteiger partial charge in [-0.25, -0.2) is 4.98 Å². The van der Waals surface area contributed by atoms with E-state index in [1.165, 1.54) is 34.7 Å². The molecule has 2 aromatic rings. The first-order valence-electron chi connectivity index (χ1n) is 6.70. The standard InChI is InChI=1S/C15H17BrN2S/c1-10-14(11-5-7-12(16)8-6-11)18-15(19-10)13-4-2-3-9-17-13/h5-8,13,17H,2-4,9H2,1H3. The summed E-state index contributed by atoms with van der Waals surface area (Å²) in [4.78, 5) is 6.18. The molecule has 2 heterocycles. The number of piperidine rings is 1. The minimum absolute atomic E-state index is 0.460. The first-order chi connectivity index (χ1) is 9.24.